The molecule has 0 fully saturated rings. The molecule has 22 heavy (non-hydrogen) atoms. The van der Waals surface area contributed by atoms with Crippen LogP contribution >= 0.6 is 0 Å². The molecule has 0 heterocycles. The maximum atomic E-state index is 11.1. The smallest absolute Gasteiger partial charge is 0.333 e. The summed E-state index contributed by atoms with van der Waals surface area (Å²) in [4.78, 5) is 21.2. The van der Waals surface area contributed by atoms with Crippen LogP contribution in [0.5, 0.6) is 0 Å². The first-order valence-electron chi connectivity index (χ1n) is 8.16. The van der Waals surface area contributed by atoms with Crippen molar-refractivity contribution in [2.24, 2.45) is 0 Å². The van der Waals surface area contributed by atoms with Gasteiger partial charge in [-0.05, 0) is 32.6 Å². The summed E-state index contributed by atoms with van der Waals surface area (Å²) in [5.74, 6) is -1.11. The van der Waals surface area contributed by atoms with Crippen molar-refractivity contribution in [2.45, 2.75) is 72.1 Å². The van der Waals surface area contributed by atoms with E-state index >= 15 is 0 Å². The monoisotopic (exact) mass is 312 g/mol. The molecule has 128 valence electrons. The van der Waals surface area contributed by atoms with Gasteiger partial charge in [0.15, 0.2) is 0 Å². The molecular weight excluding hydrogens is 280 g/mol. The molecule has 1 N–H and O–H groups in total. The van der Waals surface area contributed by atoms with Crippen molar-refractivity contribution in [2.75, 3.05) is 6.61 Å². The molecule has 0 saturated carbocycles. The van der Waals surface area contributed by atoms with Crippen LogP contribution in [0.25, 0.3) is 0 Å². The summed E-state index contributed by atoms with van der Waals surface area (Å²) in [7, 11) is 0. The van der Waals surface area contributed by atoms with Crippen LogP contribution in [0.4, 0.5) is 0 Å². The predicted molar refractivity (Wildman–Crippen MR) is 90.8 cm³/mol. The molecule has 0 saturated heterocycles. The highest BCUT2D eigenvalue weighted by Gasteiger charge is 2.06. The SMILES string of the molecule is C=C(CCCC)C(=O)O.C=C(CCCCCC)C(=O)OCC. The summed E-state index contributed by atoms with van der Waals surface area (Å²) in [6.07, 6.45) is 8.00. The summed E-state index contributed by atoms with van der Waals surface area (Å²) < 4.78 is 4.82. The van der Waals surface area contributed by atoms with Crippen molar-refractivity contribution in [1.29, 1.82) is 0 Å². The van der Waals surface area contributed by atoms with Crippen LogP contribution in [0, 0.1) is 0 Å². The van der Waals surface area contributed by atoms with Crippen molar-refractivity contribution >= 4 is 11.9 Å². The van der Waals surface area contributed by atoms with E-state index in [9.17, 15) is 9.59 Å². The molecule has 0 rings (SSSR count). The molecule has 0 radical (unpaired) electrons. The fraction of sp³-hybridized carbons (Fsp3) is 0.667. The number of carbonyl (C=O) groups is 2. The van der Waals surface area contributed by atoms with Crippen LogP contribution in [-0.2, 0) is 14.3 Å². The Bertz CT molecular complexity index is 345. The second kappa shape index (κ2) is 15.8. The Labute approximate surface area is 135 Å². The Kier molecular flexibility index (Phi) is 16.3. The van der Waals surface area contributed by atoms with Crippen LogP contribution < -0.4 is 0 Å². The number of esters is 1. The van der Waals surface area contributed by atoms with E-state index in [1.807, 2.05) is 13.8 Å². The van der Waals surface area contributed by atoms with E-state index < -0.39 is 5.97 Å². The molecular formula is C18H32O4. The zero-order chi connectivity index (χ0) is 17.4. The van der Waals surface area contributed by atoms with Gasteiger partial charge in [0.2, 0.25) is 0 Å². The molecule has 0 aromatic heterocycles. The summed E-state index contributed by atoms with van der Waals surface area (Å²) in [5.41, 5.74) is 0.926. The van der Waals surface area contributed by atoms with E-state index in [4.69, 9.17) is 9.84 Å². The predicted octanol–water partition coefficient (Wildman–Crippen LogP) is 4.89. The van der Waals surface area contributed by atoms with Gasteiger partial charge in [-0.3, -0.25) is 0 Å². The number of ether oxygens (including phenoxy) is 1. The summed E-state index contributed by atoms with van der Waals surface area (Å²) in [5, 5.41) is 8.31. The van der Waals surface area contributed by atoms with Gasteiger partial charge in [0, 0.05) is 11.1 Å². The molecule has 4 heteroatoms. The lowest BCUT2D eigenvalue weighted by Crippen LogP contribution is -2.06. The van der Waals surface area contributed by atoms with Crippen LogP contribution in [0.3, 0.4) is 0 Å². The van der Waals surface area contributed by atoms with Gasteiger partial charge in [-0.15, -0.1) is 0 Å². The minimum absolute atomic E-state index is 0.237. The van der Waals surface area contributed by atoms with Crippen molar-refractivity contribution < 1.29 is 19.4 Å². The highest BCUT2D eigenvalue weighted by Crippen LogP contribution is 2.09. The third kappa shape index (κ3) is 14.8. The van der Waals surface area contributed by atoms with E-state index in [1.54, 1.807) is 0 Å². The maximum Gasteiger partial charge on any atom is 0.333 e. The molecule has 0 aromatic carbocycles. The Hall–Kier alpha value is -1.58. The fourth-order valence-electron chi connectivity index (χ4n) is 1.60. The number of aliphatic carboxylic acids is 1. The van der Waals surface area contributed by atoms with Crippen LogP contribution in [0.1, 0.15) is 72.1 Å². The van der Waals surface area contributed by atoms with Gasteiger partial charge in [0.1, 0.15) is 0 Å². The van der Waals surface area contributed by atoms with Crippen LogP contribution in [0.15, 0.2) is 24.3 Å². The number of hydrogen-bond donors (Lipinski definition) is 1. The molecule has 0 spiro atoms. The van der Waals surface area contributed by atoms with E-state index in [2.05, 4.69) is 20.1 Å². The normalized spacial score (nSPS) is 9.41. The molecule has 0 aliphatic rings. The minimum atomic E-state index is -0.872. The first-order chi connectivity index (χ1) is 10.4. The second-order valence-electron chi connectivity index (χ2n) is 5.15. The molecule has 4 nitrogen and oxygen atoms in total. The van der Waals surface area contributed by atoms with Crippen molar-refractivity contribution in [3.8, 4) is 0 Å². The van der Waals surface area contributed by atoms with Gasteiger partial charge < -0.3 is 9.84 Å². The van der Waals surface area contributed by atoms with Crippen molar-refractivity contribution in [3.05, 3.63) is 24.3 Å². The highest BCUT2D eigenvalue weighted by molar-refractivity contribution is 5.87. The Morgan fingerprint density at radius 2 is 1.41 bits per heavy atom. The molecule has 0 aromatic rings. The average Bonchev–Trinajstić information content (AvgIpc) is 2.49. The van der Waals surface area contributed by atoms with Crippen molar-refractivity contribution in [3.63, 3.8) is 0 Å². The number of unbranched alkanes of at least 4 members (excludes halogenated alkanes) is 4. The lowest BCUT2D eigenvalue weighted by molar-refractivity contribution is -0.138. The number of rotatable bonds is 11. The van der Waals surface area contributed by atoms with E-state index in [0.717, 1.165) is 25.7 Å². The zero-order valence-electron chi connectivity index (χ0n) is 14.5. The Morgan fingerprint density at radius 1 is 0.864 bits per heavy atom. The molecule has 0 bridgehead atoms. The lowest BCUT2D eigenvalue weighted by Gasteiger charge is -2.04. The molecule has 0 amide bonds. The van der Waals surface area contributed by atoms with Gasteiger partial charge >= 0.3 is 11.9 Å². The number of carbonyl (C=O) groups excluding carboxylic acids is 1. The molecule has 0 atom stereocenters. The largest absolute Gasteiger partial charge is 0.478 e. The van der Waals surface area contributed by atoms with E-state index in [1.165, 1.54) is 19.3 Å². The highest BCUT2D eigenvalue weighted by atomic mass is 16.5. The Morgan fingerprint density at radius 3 is 1.86 bits per heavy atom. The fourth-order valence-corrected chi connectivity index (χ4v) is 1.60. The number of carboxylic acids is 1. The second-order valence-corrected chi connectivity index (χ2v) is 5.15. The van der Waals surface area contributed by atoms with Crippen LogP contribution in [0.2, 0.25) is 0 Å². The third-order valence-electron chi connectivity index (χ3n) is 3.03. The maximum absolute atomic E-state index is 11.1. The third-order valence-corrected chi connectivity index (χ3v) is 3.03. The summed E-state index contributed by atoms with van der Waals surface area (Å²) in [6.45, 7) is 13.5. The van der Waals surface area contributed by atoms with Gasteiger partial charge in [-0.25, -0.2) is 9.59 Å². The number of hydrogen-bond acceptors (Lipinski definition) is 3. The quantitative estimate of drug-likeness (QED) is 0.335. The van der Waals surface area contributed by atoms with Crippen LogP contribution in [-0.4, -0.2) is 23.7 Å². The molecule has 0 aliphatic heterocycles. The first kappa shape index (κ1) is 22.7. The lowest BCUT2D eigenvalue weighted by atomic mass is 10.1. The Balaban J connectivity index is 0. The van der Waals surface area contributed by atoms with Gasteiger partial charge in [-0.1, -0.05) is 52.7 Å². The van der Waals surface area contributed by atoms with E-state index in [-0.39, 0.29) is 5.97 Å². The van der Waals surface area contributed by atoms with Gasteiger partial charge in [0.05, 0.1) is 6.61 Å². The number of carboxylic acid groups (broad SMARTS) is 1. The van der Waals surface area contributed by atoms with E-state index in [0.29, 0.717) is 24.2 Å². The molecule has 0 unspecified atom stereocenters. The molecule has 0 aliphatic carbocycles. The average molecular weight is 312 g/mol. The van der Waals surface area contributed by atoms with Crippen molar-refractivity contribution in [1.82, 2.24) is 0 Å². The first-order valence-corrected chi connectivity index (χ1v) is 8.16. The summed E-state index contributed by atoms with van der Waals surface area (Å²) >= 11 is 0. The minimum Gasteiger partial charge on any atom is -0.478 e. The standard InChI is InChI=1S/C11H20O2.C7H12O2/c1-4-6-7-8-9-10(3)11(12)13-5-2;1-3-4-5-6(2)7(8)9/h3-9H2,1-2H3;2-5H2,1H3,(H,8,9). The van der Waals surface area contributed by atoms with Gasteiger partial charge in [-0.2, -0.15) is 0 Å². The zero-order valence-corrected chi connectivity index (χ0v) is 14.5. The van der Waals surface area contributed by atoms with Gasteiger partial charge in [0.25, 0.3) is 0 Å². The topological polar surface area (TPSA) is 63.6 Å². The summed E-state index contributed by atoms with van der Waals surface area (Å²) in [6, 6.07) is 0.